The van der Waals surface area contributed by atoms with E-state index < -0.39 is 17.6 Å². The minimum Gasteiger partial charge on any atom is -0.392 e. The SMILES string of the molecule is CC1=CC(C)(C)[C@@H](O)C(C)(C)[C@@H]1O. The van der Waals surface area contributed by atoms with Crippen molar-refractivity contribution in [3.63, 3.8) is 0 Å². The van der Waals surface area contributed by atoms with Gasteiger partial charge in [0.05, 0.1) is 12.2 Å². The third-order valence-electron chi connectivity index (χ3n) is 3.15. The van der Waals surface area contributed by atoms with Crippen LogP contribution in [0.4, 0.5) is 0 Å². The van der Waals surface area contributed by atoms with Crippen LogP contribution in [0.5, 0.6) is 0 Å². The lowest BCUT2D eigenvalue weighted by Gasteiger charge is -2.47. The monoisotopic (exact) mass is 184 g/mol. The summed E-state index contributed by atoms with van der Waals surface area (Å²) in [6.45, 7) is 9.71. The molecule has 0 aliphatic heterocycles. The smallest absolute Gasteiger partial charge is 0.0823 e. The van der Waals surface area contributed by atoms with Crippen molar-refractivity contribution in [1.82, 2.24) is 0 Å². The molecule has 0 spiro atoms. The Morgan fingerprint density at radius 2 is 1.62 bits per heavy atom. The Hall–Kier alpha value is -0.340. The summed E-state index contributed by atoms with van der Waals surface area (Å²) >= 11 is 0. The third-order valence-corrected chi connectivity index (χ3v) is 3.15. The number of hydrogen-bond acceptors (Lipinski definition) is 2. The Bertz CT molecular complexity index is 238. The van der Waals surface area contributed by atoms with Gasteiger partial charge in [-0.15, -0.1) is 0 Å². The maximum absolute atomic E-state index is 10.0. The molecule has 2 N–H and O–H groups in total. The molecule has 0 unspecified atom stereocenters. The highest BCUT2D eigenvalue weighted by Gasteiger charge is 2.47. The molecule has 0 heterocycles. The van der Waals surface area contributed by atoms with Gasteiger partial charge in [0.1, 0.15) is 0 Å². The van der Waals surface area contributed by atoms with E-state index in [1.54, 1.807) is 0 Å². The first-order valence-electron chi connectivity index (χ1n) is 4.75. The maximum Gasteiger partial charge on any atom is 0.0823 e. The van der Waals surface area contributed by atoms with Crippen molar-refractivity contribution in [1.29, 1.82) is 0 Å². The van der Waals surface area contributed by atoms with E-state index in [9.17, 15) is 10.2 Å². The van der Waals surface area contributed by atoms with Gasteiger partial charge in [-0.25, -0.2) is 0 Å². The number of rotatable bonds is 0. The zero-order chi connectivity index (χ0) is 10.4. The first kappa shape index (κ1) is 10.7. The van der Waals surface area contributed by atoms with E-state index in [0.29, 0.717) is 0 Å². The minimum absolute atomic E-state index is 0.243. The van der Waals surface area contributed by atoms with Crippen LogP contribution in [-0.2, 0) is 0 Å². The summed E-state index contributed by atoms with van der Waals surface area (Å²) in [7, 11) is 0. The van der Waals surface area contributed by atoms with E-state index in [-0.39, 0.29) is 5.41 Å². The molecular weight excluding hydrogens is 164 g/mol. The number of aliphatic hydroxyl groups is 2. The zero-order valence-electron chi connectivity index (χ0n) is 9.13. The molecule has 0 radical (unpaired) electrons. The molecule has 0 aromatic heterocycles. The van der Waals surface area contributed by atoms with Gasteiger partial charge in [0, 0.05) is 10.8 Å². The van der Waals surface area contributed by atoms with Crippen molar-refractivity contribution < 1.29 is 10.2 Å². The molecule has 2 nitrogen and oxygen atoms in total. The summed E-state index contributed by atoms with van der Waals surface area (Å²) in [6.07, 6.45) is 0.933. The molecule has 0 amide bonds. The van der Waals surface area contributed by atoms with Crippen molar-refractivity contribution in [2.45, 2.75) is 46.8 Å². The van der Waals surface area contributed by atoms with Gasteiger partial charge in [-0.05, 0) is 12.5 Å². The van der Waals surface area contributed by atoms with Crippen LogP contribution in [0.2, 0.25) is 0 Å². The Kier molecular flexibility index (Phi) is 2.33. The van der Waals surface area contributed by atoms with Crippen molar-refractivity contribution in [2.75, 3.05) is 0 Å². The van der Waals surface area contributed by atoms with Crippen LogP contribution in [0.3, 0.4) is 0 Å². The van der Waals surface area contributed by atoms with Gasteiger partial charge < -0.3 is 10.2 Å². The van der Waals surface area contributed by atoms with E-state index in [1.807, 2.05) is 40.7 Å². The molecule has 0 aromatic carbocycles. The predicted octanol–water partition coefficient (Wildman–Crippen LogP) is 1.72. The molecule has 2 heteroatoms. The highest BCUT2D eigenvalue weighted by atomic mass is 16.3. The lowest BCUT2D eigenvalue weighted by molar-refractivity contribution is -0.0860. The van der Waals surface area contributed by atoms with Gasteiger partial charge in [-0.1, -0.05) is 33.8 Å². The van der Waals surface area contributed by atoms with Crippen LogP contribution < -0.4 is 0 Å². The second-order valence-electron chi connectivity index (χ2n) is 5.34. The van der Waals surface area contributed by atoms with Gasteiger partial charge in [-0.3, -0.25) is 0 Å². The van der Waals surface area contributed by atoms with E-state index in [1.165, 1.54) is 0 Å². The largest absolute Gasteiger partial charge is 0.392 e. The molecule has 1 rings (SSSR count). The average Bonchev–Trinajstić information content (AvgIpc) is 1.98. The highest BCUT2D eigenvalue weighted by Crippen LogP contribution is 2.44. The minimum atomic E-state index is -0.532. The standard InChI is InChI=1S/C11H20O2/c1-7-6-10(2,3)9(13)11(4,5)8(7)12/h6,8-9,12-13H,1-5H3/t8-,9-/m1/s1. The highest BCUT2D eigenvalue weighted by molar-refractivity contribution is 5.22. The second-order valence-corrected chi connectivity index (χ2v) is 5.34. The third kappa shape index (κ3) is 1.53. The van der Waals surface area contributed by atoms with Crippen molar-refractivity contribution >= 4 is 0 Å². The molecule has 0 aromatic rings. The Morgan fingerprint density at radius 1 is 1.15 bits per heavy atom. The van der Waals surface area contributed by atoms with Crippen molar-refractivity contribution in [2.24, 2.45) is 10.8 Å². The molecule has 1 aliphatic rings. The van der Waals surface area contributed by atoms with Crippen LogP contribution >= 0.6 is 0 Å². The van der Waals surface area contributed by atoms with E-state index in [2.05, 4.69) is 0 Å². The zero-order valence-corrected chi connectivity index (χ0v) is 9.13. The Labute approximate surface area is 80.3 Å². The fraction of sp³-hybridized carbons (Fsp3) is 0.818. The molecule has 0 fully saturated rings. The molecule has 0 saturated carbocycles. The van der Waals surface area contributed by atoms with E-state index in [4.69, 9.17) is 0 Å². The van der Waals surface area contributed by atoms with Gasteiger partial charge >= 0.3 is 0 Å². The van der Waals surface area contributed by atoms with Crippen LogP contribution in [-0.4, -0.2) is 22.4 Å². The normalized spacial score (nSPS) is 37.0. The molecule has 0 bridgehead atoms. The van der Waals surface area contributed by atoms with Gasteiger partial charge in [0.2, 0.25) is 0 Å². The van der Waals surface area contributed by atoms with Crippen LogP contribution in [0.1, 0.15) is 34.6 Å². The first-order chi connectivity index (χ1) is 5.69. The van der Waals surface area contributed by atoms with Crippen LogP contribution in [0, 0.1) is 10.8 Å². The average molecular weight is 184 g/mol. The van der Waals surface area contributed by atoms with Gasteiger partial charge in [0.15, 0.2) is 0 Å². The van der Waals surface area contributed by atoms with E-state index in [0.717, 1.165) is 5.57 Å². The Balaban J connectivity index is 3.16. The number of aliphatic hydroxyl groups excluding tert-OH is 2. The van der Waals surface area contributed by atoms with Gasteiger partial charge in [0.25, 0.3) is 0 Å². The maximum atomic E-state index is 10.0. The number of hydrogen-bond donors (Lipinski definition) is 2. The fourth-order valence-electron chi connectivity index (χ4n) is 2.44. The lowest BCUT2D eigenvalue weighted by Crippen LogP contribution is -2.51. The van der Waals surface area contributed by atoms with E-state index >= 15 is 0 Å². The quantitative estimate of drug-likeness (QED) is 0.563. The fourth-order valence-corrected chi connectivity index (χ4v) is 2.44. The van der Waals surface area contributed by atoms with Crippen molar-refractivity contribution in [3.8, 4) is 0 Å². The van der Waals surface area contributed by atoms with Crippen LogP contribution in [0.15, 0.2) is 11.6 Å². The summed E-state index contributed by atoms with van der Waals surface area (Å²) < 4.78 is 0. The topological polar surface area (TPSA) is 40.5 Å². The summed E-state index contributed by atoms with van der Waals surface area (Å²) in [5.74, 6) is 0. The second kappa shape index (κ2) is 2.82. The molecule has 2 atom stereocenters. The van der Waals surface area contributed by atoms with Crippen molar-refractivity contribution in [3.05, 3.63) is 11.6 Å². The summed E-state index contributed by atoms with van der Waals surface area (Å²) in [5, 5.41) is 19.9. The Morgan fingerprint density at radius 3 is 2.08 bits per heavy atom. The molecule has 1 aliphatic carbocycles. The molecule has 13 heavy (non-hydrogen) atoms. The predicted molar refractivity (Wildman–Crippen MR) is 53.3 cm³/mol. The lowest BCUT2D eigenvalue weighted by atomic mass is 9.63. The summed E-state index contributed by atoms with van der Waals surface area (Å²) in [4.78, 5) is 0. The van der Waals surface area contributed by atoms with Crippen LogP contribution in [0.25, 0.3) is 0 Å². The van der Waals surface area contributed by atoms with Gasteiger partial charge in [-0.2, -0.15) is 0 Å². The molecule has 0 saturated heterocycles. The molecule has 76 valence electrons. The first-order valence-corrected chi connectivity index (χ1v) is 4.75. The summed E-state index contributed by atoms with van der Waals surface area (Å²) in [6, 6.07) is 0. The molecular formula is C11H20O2. The summed E-state index contributed by atoms with van der Waals surface area (Å²) in [5.41, 5.74) is 0.259.